The quantitative estimate of drug-likeness (QED) is 0.862. The number of hydrogen-bond donors (Lipinski definition) is 1. The summed E-state index contributed by atoms with van der Waals surface area (Å²) in [6.07, 6.45) is 8.32. The van der Waals surface area contributed by atoms with Gasteiger partial charge in [0.05, 0.1) is 4.90 Å². The van der Waals surface area contributed by atoms with Gasteiger partial charge in [0.1, 0.15) is 0 Å². The standard InChI is InChI=1S/C21H28N2O3S/c24-21(22-20-17-10-14-9-15(12-17)13-18(20)11-14)16-3-5-19(6-4-16)27(25,26)23-7-1-2-8-23/h3-6,14-15,17-18,20H,1-2,7-13H2,(H,22,24). The third-order valence-electron chi connectivity index (χ3n) is 7.34. The van der Waals surface area contributed by atoms with Gasteiger partial charge >= 0.3 is 0 Å². The number of carbonyl (C=O) groups is 1. The van der Waals surface area contributed by atoms with Crippen molar-refractivity contribution in [2.24, 2.45) is 23.7 Å². The molecular formula is C21H28N2O3S. The Hall–Kier alpha value is -1.40. The normalized spacial score (nSPS) is 35.5. The maximum Gasteiger partial charge on any atom is 0.251 e. The number of nitrogens with one attached hydrogen (secondary N) is 1. The van der Waals surface area contributed by atoms with Gasteiger partial charge < -0.3 is 5.32 Å². The summed E-state index contributed by atoms with van der Waals surface area (Å²) in [6.45, 7) is 1.19. The molecule has 4 aliphatic carbocycles. The molecule has 1 N–H and O–H groups in total. The molecule has 4 bridgehead atoms. The monoisotopic (exact) mass is 388 g/mol. The lowest BCUT2D eigenvalue weighted by molar-refractivity contribution is -0.0119. The van der Waals surface area contributed by atoms with Crippen LogP contribution in [0.5, 0.6) is 0 Å². The van der Waals surface area contributed by atoms with Gasteiger partial charge in [-0.15, -0.1) is 0 Å². The fourth-order valence-electron chi connectivity index (χ4n) is 6.25. The smallest absolute Gasteiger partial charge is 0.251 e. The average molecular weight is 389 g/mol. The second kappa shape index (κ2) is 6.59. The Labute approximate surface area is 161 Å². The molecule has 5 nitrogen and oxygen atoms in total. The predicted octanol–water partition coefficient (Wildman–Crippen LogP) is 3.03. The van der Waals surface area contributed by atoms with E-state index in [9.17, 15) is 13.2 Å². The van der Waals surface area contributed by atoms with Gasteiger partial charge in [-0.3, -0.25) is 4.79 Å². The first-order valence-corrected chi connectivity index (χ1v) is 11.9. The van der Waals surface area contributed by atoms with Crippen LogP contribution in [0.15, 0.2) is 29.2 Å². The lowest BCUT2D eigenvalue weighted by Gasteiger charge is -2.54. The summed E-state index contributed by atoms with van der Waals surface area (Å²) in [4.78, 5) is 13.1. The highest BCUT2D eigenvalue weighted by Gasteiger charge is 2.48. The van der Waals surface area contributed by atoms with E-state index in [2.05, 4.69) is 5.32 Å². The maximum absolute atomic E-state index is 12.8. The molecule has 4 saturated carbocycles. The molecule has 146 valence electrons. The van der Waals surface area contributed by atoms with Crippen LogP contribution < -0.4 is 5.32 Å². The van der Waals surface area contributed by atoms with Gasteiger partial charge in [0, 0.05) is 24.7 Å². The lowest BCUT2D eigenvalue weighted by atomic mass is 9.54. The van der Waals surface area contributed by atoms with Gasteiger partial charge in [0.2, 0.25) is 10.0 Å². The van der Waals surface area contributed by atoms with Crippen molar-refractivity contribution in [2.75, 3.05) is 13.1 Å². The van der Waals surface area contributed by atoms with E-state index in [0.29, 0.717) is 36.5 Å². The number of hydrogen-bond acceptors (Lipinski definition) is 3. The van der Waals surface area contributed by atoms with E-state index in [1.165, 1.54) is 36.4 Å². The van der Waals surface area contributed by atoms with Crippen molar-refractivity contribution in [3.05, 3.63) is 29.8 Å². The van der Waals surface area contributed by atoms with Crippen LogP contribution in [0.3, 0.4) is 0 Å². The van der Waals surface area contributed by atoms with Gasteiger partial charge in [0.25, 0.3) is 5.91 Å². The molecule has 27 heavy (non-hydrogen) atoms. The molecule has 0 atom stereocenters. The molecule has 1 aromatic rings. The van der Waals surface area contributed by atoms with Crippen molar-refractivity contribution < 1.29 is 13.2 Å². The van der Waals surface area contributed by atoms with Crippen LogP contribution in [0, 0.1) is 23.7 Å². The molecule has 5 aliphatic rings. The predicted molar refractivity (Wildman–Crippen MR) is 103 cm³/mol. The van der Waals surface area contributed by atoms with Crippen molar-refractivity contribution in [1.29, 1.82) is 0 Å². The van der Waals surface area contributed by atoms with Crippen LogP contribution in [0.4, 0.5) is 0 Å². The number of nitrogens with zero attached hydrogens (tertiary/aromatic N) is 1. The third kappa shape index (κ3) is 3.11. The van der Waals surface area contributed by atoms with E-state index in [1.54, 1.807) is 24.3 Å². The van der Waals surface area contributed by atoms with Crippen molar-refractivity contribution in [3.8, 4) is 0 Å². The van der Waals surface area contributed by atoms with Crippen molar-refractivity contribution in [1.82, 2.24) is 9.62 Å². The van der Waals surface area contributed by atoms with Gasteiger partial charge in [-0.2, -0.15) is 4.31 Å². The molecule has 1 amide bonds. The number of carbonyl (C=O) groups excluding carboxylic acids is 1. The molecule has 0 aromatic heterocycles. The van der Waals surface area contributed by atoms with Gasteiger partial charge in [-0.25, -0.2) is 8.42 Å². The van der Waals surface area contributed by atoms with E-state index in [4.69, 9.17) is 0 Å². The Balaban J connectivity index is 1.28. The van der Waals surface area contributed by atoms with Crippen molar-refractivity contribution in [2.45, 2.75) is 55.9 Å². The van der Waals surface area contributed by atoms with Crippen molar-refractivity contribution >= 4 is 15.9 Å². The van der Waals surface area contributed by atoms with Crippen LogP contribution in [0.2, 0.25) is 0 Å². The topological polar surface area (TPSA) is 66.5 Å². The van der Waals surface area contributed by atoms with Crippen LogP contribution >= 0.6 is 0 Å². The zero-order valence-electron chi connectivity index (χ0n) is 15.6. The highest BCUT2D eigenvalue weighted by Crippen LogP contribution is 2.53. The molecule has 0 radical (unpaired) electrons. The first-order valence-electron chi connectivity index (χ1n) is 10.4. The largest absolute Gasteiger partial charge is 0.349 e. The number of benzene rings is 1. The summed E-state index contributed by atoms with van der Waals surface area (Å²) in [6, 6.07) is 6.79. The second-order valence-electron chi connectivity index (χ2n) is 9.07. The maximum atomic E-state index is 12.8. The summed E-state index contributed by atoms with van der Waals surface area (Å²) in [5, 5.41) is 3.29. The minimum absolute atomic E-state index is 0.0578. The fourth-order valence-corrected chi connectivity index (χ4v) is 7.77. The fraction of sp³-hybridized carbons (Fsp3) is 0.667. The number of rotatable bonds is 4. The van der Waals surface area contributed by atoms with E-state index >= 15 is 0 Å². The molecule has 6 rings (SSSR count). The Morgan fingerprint density at radius 2 is 1.44 bits per heavy atom. The second-order valence-corrected chi connectivity index (χ2v) is 11.0. The van der Waals surface area contributed by atoms with E-state index in [0.717, 1.165) is 24.7 Å². The van der Waals surface area contributed by atoms with E-state index in [1.807, 2.05) is 0 Å². The Bertz CT molecular complexity index is 799. The Morgan fingerprint density at radius 3 is 2.00 bits per heavy atom. The Morgan fingerprint density at radius 1 is 0.889 bits per heavy atom. The lowest BCUT2D eigenvalue weighted by Crippen LogP contribution is -2.55. The summed E-state index contributed by atoms with van der Waals surface area (Å²) in [7, 11) is -3.42. The Kier molecular flexibility index (Phi) is 4.32. The zero-order valence-corrected chi connectivity index (χ0v) is 16.5. The molecule has 0 spiro atoms. The molecule has 0 unspecified atom stereocenters. The number of amides is 1. The highest BCUT2D eigenvalue weighted by molar-refractivity contribution is 7.89. The van der Waals surface area contributed by atoms with Gasteiger partial charge in [0.15, 0.2) is 0 Å². The molecule has 1 saturated heterocycles. The summed E-state index contributed by atoms with van der Waals surface area (Å²) < 4.78 is 26.8. The molecule has 5 fully saturated rings. The first-order chi connectivity index (χ1) is 13.0. The summed E-state index contributed by atoms with van der Waals surface area (Å²) in [5.74, 6) is 2.99. The van der Waals surface area contributed by atoms with Gasteiger partial charge in [-0.1, -0.05) is 0 Å². The molecule has 1 aliphatic heterocycles. The average Bonchev–Trinajstić information content (AvgIpc) is 3.20. The minimum Gasteiger partial charge on any atom is -0.349 e. The van der Waals surface area contributed by atoms with Crippen LogP contribution in [0.1, 0.15) is 55.3 Å². The van der Waals surface area contributed by atoms with Crippen LogP contribution in [0.25, 0.3) is 0 Å². The minimum atomic E-state index is -3.42. The third-order valence-corrected chi connectivity index (χ3v) is 9.26. The molecular weight excluding hydrogens is 360 g/mol. The number of sulfonamides is 1. The summed E-state index contributed by atoms with van der Waals surface area (Å²) in [5.41, 5.74) is 0.559. The molecule has 6 heteroatoms. The van der Waals surface area contributed by atoms with Crippen LogP contribution in [-0.4, -0.2) is 37.8 Å². The molecule has 1 heterocycles. The van der Waals surface area contributed by atoms with E-state index in [-0.39, 0.29) is 10.8 Å². The van der Waals surface area contributed by atoms with Gasteiger partial charge in [-0.05, 0) is 92.9 Å². The zero-order chi connectivity index (χ0) is 18.6. The van der Waals surface area contributed by atoms with E-state index < -0.39 is 10.0 Å². The molecule has 1 aromatic carbocycles. The SMILES string of the molecule is O=C(NC1C2CC3CC(C2)CC1C3)c1ccc(S(=O)(=O)N2CCCC2)cc1. The highest BCUT2D eigenvalue weighted by atomic mass is 32.2. The van der Waals surface area contributed by atoms with Crippen molar-refractivity contribution in [3.63, 3.8) is 0 Å². The summed E-state index contributed by atoms with van der Waals surface area (Å²) >= 11 is 0. The first kappa shape index (κ1) is 17.7. The van der Waals surface area contributed by atoms with Crippen LogP contribution in [-0.2, 0) is 10.0 Å².